The van der Waals surface area contributed by atoms with E-state index in [-0.39, 0.29) is 6.04 Å². The van der Waals surface area contributed by atoms with Crippen LogP contribution < -0.4 is 0 Å². The third-order valence-electron chi connectivity index (χ3n) is 2.29. The molecule has 0 aliphatic heterocycles. The quantitative estimate of drug-likeness (QED) is 0.714. The Morgan fingerprint density at radius 2 is 1.85 bits per heavy atom. The van der Waals surface area contributed by atoms with Crippen LogP contribution in [0.2, 0.25) is 0 Å². The van der Waals surface area contributed by atoms with Crippen molar-refractivity contribution in [2.45, 2.75) is 19.1 Å². The molecule has 0 aromatic heterocycles. The summed E-state index contributed by atoms with van der Waals surface area (Å²) >= 11 is 0. The second-order valence-corrected chi connectivity index (χ2v) is 3.35. The molecule has 0 amide bonds. The van der Waals surface area contributed by atoms with E-state index in [1.165, 1.54) is 0 Å². The van der Waals surface area contributed by atoms with Crippen LogP contribution in [-0.4, -0.2) is 23.1 Å². The zero-order valence-corrected chi connectivity index (χ0v) is 8.14. The van der Waals surface area contributed by atoms with Gasteiger partial charge in [0.25, 0.3) is 0 Å². The van der Waals surface area contributed by atoms with Crippen LogP contribution in [0.4, 0.5) is 0 Å². The highest BCUT2D eigenvalue weighted by Gasteiger charge is 2.14. The Balaban J connectivity index is 2.73. The molecular formula is C11H16NO-. The SMILES string of the molecule is [CH2-]N(C)[C@H](C)[C@@H](O)c1ccccc1. The van der Waals surface area contributed by atoms with Gasteiger partial charge in [0.15, 0.2) is 0 Å². The molecule has 1 N–H and O–H groups in total. The predicted molar refractivity (Wildman–Crippen MR) is 54.0 cm³/mol. The second kappa shape index (κ2) is 4.40. The summed E-state index contributed by atoms with van der Waals surface area (Å²) in [6.07, 6.45) is -0.469. The lowest BCUT2D eigenvalue weighted by Crippen LogP contribution is -2.29. The van der Waals surface area contributed by atoms with Gasteiger partial charge in [-0.2, -0.15) is 0 Å². The van der Waals surface area contributed by atoms with E-state index < -0.39 is 6.10 Å². The molecule has 0 radical (unpaired) electrons. The van der Waals surface area contributed by atoms with Crippen molar-refractivity contribution in [3.63, 3.8) is 0 Å². The standard InChI is InChI=1S/C11H16NO/c1-9(12(2)3)11(13)10-7-5-4-6-8-10/h4-9,11,13H,2H2,1,3H3/q-1/t9-,11-/m1/s1. The molecule has 2 nitrogen and oxygen atoms in total. The zero-order chi connectivity index (χ0) is 9.84. The zero-order valence-electron chi connectivity index (χ0n) is 8.14. The number of likely N-dealkylation sites (N-methyl/N-ethyl adjacent to an activating group) is 1. The van der Waals surface area contributed by atoms with Gasteiger partial charge < -0.3 is 10.0 Å². The molecule has 1 aromatic carbocycles. The van der Waals surface area contributed by atoms with Gasteiger partial charge in [-0.15, -0.1) is 0 Å². The summed E-state index contributed by atoms with van der Waals surface area (Å²) in [4.78, 5) is 1.76. The van der Waals surface area contributed by atoms with Gasteiger partial charge in [-0.3, -0.25) is 7.05 Å². The van der Waals surface area contributed by atoms with E-state index in [9.17, 15) is 5.11 Å². The van der Waals surface area contributed by atoms with Gasteiger partial charge in [-0.25, -0.2) is 0 Å². The molecule has 0 saturated heterocycles. The predicted octanol–water partition coefficient (Wildman–Crippen LogP) is 1.83. The second-order valence-electron chi connectivity index (χ2n) is 3.35. The molecule has 0 saturated carbocycles. The highest BCUT2D eigenvalue weighted by molar-refractivity contribution is 5.18. The molecule has 1 rings (SSSR count). The fourth-order valence-electron chi connectivity index (χ4n) is 1.17. The lowest BCUT2D eigenvalue weighted by atomic mass is 10.0. The number of benzene rings is 1. The smallest absolute Gasteiger partial charge is 0.0918 e. The van der Waals surface area contributed by atoms with Gasteiger partial charge in [-0.05, 0) is 19.5 Å². The molecule has 72 valence electrons. The van der Waals surface area contributed by atoms with Gasteiger partial charge in [0, 0.05) is 6.04 Å². The molecule has 0 bridgehead atoms. The Morgan fingerprint density at radius 3 is 2.31 bits per heavy atom. The Morgan fingerprint density at radius 1 is 1.31 bits per heavy atom. The first-order valence-electron chi connectivity index (χ1n) is 4.39. The monoisotopic (exact) mass is 178 g/mol. The van der Waals surface area contributed by atoms with Gasteiger partial charge in [0.1, 0.15) is 0 Å². The van der Waals surface area contributed by atoms with Crippen LogP contribution >= 0.6 is 0 Å². The minimum absolute atomic E-state index is 0.0300. The van der Waals surface area contributed by atoms with Crippen molar-refractivity contribution in [1.29, 1.82) is 0 Å². The largest absolute Gasteiger partial charge is 0.457 e. The van der Waals surface area contributed by atoms with Gasteiger partial charge in [0.2, 0.25) is 0 Å². The van der Waals surface area contributed by atoms with Crippen LogP contribution in [-0.2, 0) is 0 Å². The number of aliphatic hydroxyl groups excluding tert-OH is 1. The van der Waals surface area contributed by atoms with Crippen LogP contribution in [0.25, 0.3) is 0 Å². The van der Waals surface area contributed by atoms with Crippen LogP contribution in [0.5, 0.6) is 0 Å². The third-order valence-corrected chi connectivity index (χ3v) is 2.29. The molecule has 13 heavy (non-hydrogen) atoms. The highest BCUT2D eigenvalue weighted by atomic mass is 16.3. The van der Waals surface area contributed by atoms with Crippen LogP contribution in [0.3, 0.4) is 0 Å². The van der Waals surface area contributed by atoms with Gasteiger partial charge in [-0.1, -0.05) is 30.3 Å². The Kier molecular flexibility index (Phi) is 3.46. The molecule has 0 aliphatic rings. The number of hydrogen-bond acceptors (Lipinski definition) is 2. The summed E-state index contributed by atoms with van der Waals surface area (Å²) in [6, 6.07) is 9.66. The minimum Gasteiger partial charge on any atom is -0.457 e. The van der Waals surface area contributed by atoms with E-state index in [0.717, 1.165) is 5.56 Å². The minimum atomic E-state index is -0.469. The Labute approximate surface area is 79.8 Å². The summed E-state index contributed by atoms with van der Waals surface area (Å²) in [7, 11) is 5.62. The molecule has 0 unspecified atom stereocenters. The Bertz CT molecular complexity index is 246. The normalized spacial score (nSPS) is 15.8. The van der Waals surface area contributed by atoms with Crippen LogP contribution in [0.15, 0.2) is 30.3 Å². The maximum absolute atomic E-state index is 9.88. The molecule has 1 aromatic rings. The molecule has 2 heteroatoms. The average molecular weight is 178 g/mol. The van der Waals surface area contributed by atoms with E-state index in [1.54, 1.807) is 4.90 Å². The fourth-order valence-corrected chi connectivity index (χ4v) is 1.17. The van der Waals surface area contributed by atoms with Crippen molar-refractivity contribution < 1.29 is 5.11 Å². The highest BCUT2D eigenvalue weighted by Crippen LogP contribution is 2.18. The Hall–Kier alpha value is -0.860. The van der Waals surface area contributed by atoms with Crippen LogP contribution in [0.1, 0.15) is 18.6 Å². The maximum atomic E-state index is 9.88. The van der Waals surface area contributed by atoms with Crippen molar-refractivity contribution in [1.82, 2.24) is 4.90 Å². The van der Waals surface area contributed by atoms with E-state index in [4.69, 9.17) is 0 Å². The summed E-state index contributed by atoms with van der Waals surface area (Å²) < 4.78 is 0. The van der Waals surface area contributed by atoms with Gasteiger partial charge in [0.05, 0.1) is 6.10 Å². The number of rotatable bonds is 3. The summed E-state index contributed by atoms with van der Waals surface area (Å²) in [6.45, 7) is 1.95. The first-order chi connectivity index (χ1) is 6.13. The van der Waals surface area contributed by atoms with Crippen molar-refractivity contribution >= 4 is 0 Å². The summed E-state index contributed by atoms with van der Waals surface area (Å²) in [5.74, 6) is 0. The van der Waals surface area contributed by atoms with Crippen molar-refractivity contribution in [3.05, 3.63) is 42.9 Å². The number of nitrogens with zero attached hydrogens (tertiary/aromatic N) is 1. The number of hydrogen-bond donors (Lipinski definition) is 1. The van der Waals surface area contributed by atoms with Gasteiger partial charge >= 0.3 is 0 Å². The summed E-state index contributed by atoms with van der Waals surface area (Å²) in [5, 5.41) is 9.88. The van der Waals surface area contributed by atoms with E-state index in [1.807, 2.05) is 44.3 Å². The molecule has 0 spiro atoms. The molecule has 0 aliphatic carbocycles. The molecule has 2 atom stereocenters. The first kappa shape index (κ1) is 10.2. The van der Waals surface area contributed by atoms with Crippen molar-refractivity contribution in [2.24, 2.45) is 0 Å². The van der Waals surface area contributed by atoms with E-state index >= 15 is 0 Å². The van der Waals surface area contributed by atoms with Crippen molar-refractivity contribution in [2.75, 3.05) is 7.05 Å². The van der Waals surface area contributed by atoms with E-state index in [2.05, 4.69) is 7.05 Å². The molecular weight excluding hydrogens is 162 g/mol. The lowest BCUT2D eigenvalue weighted by molar-refractivity contribution is 0.0936. The number of aliphatic hydroxyl groups is 1. The molecule has 0 fully saturated rings. The maximum Gasteiger partial charge on any atom is 0.0918 e. The lowest BCUT2D eigenvalue weighted by Gasteiger charge is -2.31. The first-order valence-corrected chi connectivity index (χ1v) is 4.39. The average Bonchev–Trinajstić information content (AvgIpc) is 2.17. The third kappa shape index (κ3) is 2.54. The van der Waals surface area contributed by atoms with E-state index in [0.29, 0.717) is 0 Å². The molecule has 0 heterocycles. The van der Waals surface area contributed by atoms with Crippen LogP contribution in [0, 0.1) is 7.05 Å². The fraction of sp³-hybridized carbons (Fsp3) is 0.364. The van der Waals surface area contributed by atoms with Crippen molar-refractivity contribution in [3.8, 4) is 0 Å². The summed E-state index contributed by atoms with van der Waals surface area (Å²) in [5.41, 5.74) is 0.936. The topological polar surface area (TPSA) is 23.5 Å².